The summed E-state index contributed by atoms with van der Waals surface area (Å²) in [4.78, 5) is 25.3. The molecule has 5 heteroatoms. The van der Waals surface area contributed by atoms with Crippen molar-refractivity contribution in [2.24, 2.45) is 23.7 Å². The SMILES string of the molecule is CC(C)C1CCC(N2CCC3(CC2)C2CN(C(=O)c4ccccn4)CC2CN3c2ccccc2)CC1. The number of fused-ring (bicyclic) bond motifs is 2. The van der Waals surface area contributed by atoms with E-state index in [9.17, 15) is 4.79 Å². The molecule has 0 bridgehead atoms. The third-order valence-electron chi connectivity index (χ3n) is 10.2. The number of likely N-dealkylation sites (tertiary alicyclic amines) is 2. The molecule has 36 heavy (non-hydrogen) atoms. The monoisotopic (exact) mass is 486 g/mol. The molecule has 2 unspecified atom stereocenters. The minimum absolute atomic E-state index is 0.103. The summed E-state index contributed by atoms with van der Waals surface area (Å²) in [5.41, 5.74) is 2.09. The minimum Gasteiger partial charge on any atom is -0.365 e. The summed E-state index contributed by atoms with van der Waals surface area (Å²) in [6, 6.07) is 17.5. The Hall–Kier alpha value is -2.40. The van der Waals surface area contributed by atoms with Crippen LogP contribution in [0, 0.1) is 23.7 Å². The minimum atomic E-state index is 0.103. The van der Waals surface area contributed by atoms with Gasteiger partial charge in [-0.25, -0.2) is 0 Å². The highest BCUT2D eigenvalue weighted by atomic mass is 16.2. The van der Waals surface area contributed by atoms with Gasteiger partial charge in [0.05, 0.1) is 0 Å². The van der Waals surface area contributed by atoms with Crippen molar-refractivity contribution in [1.29, 1.82) is 0 Å². The van der Waals surface area contributed by atoms with Gasteiger partial charge in [0, 0.05) is 68.0 Å². The lowest BCUT2D eigenvalue weighted by Crippen LogP contribution is -2.58. The lowest BCUT2D eigenvalue weighted by Gasteiger charge is -2.51. The molecule has 4 heterocycles. The Bertz CT molecular complexity index is 1030. The fraction of sp³-hybridized carbons (Fsp3) is 0.613. The normalized spacial score (nSPS) is 30.2. The maximum absolute atomic E-state index is 13.3. The first-order valence-corrected chi connectivity index (χ1v) is 14.3. The van der Waals surface area contributed by atoms with Gasteiger partial charge in [0.2, 0.25) is 0 Å². The number of hydrogen-bond acceptors (Lipinski definition) is 4. The predicted octanol–water partition coefficient (Wildman–Crippen LogP) is 5.34. The molecule has 1 spiro atoms. The van der Waals surface area contributed by atoms with Crippen molar-refractivity contribution in [3.8, 4) is 0 Å². The van der Waals surface area contributed by atoms with Gasteiger partial charge < -0.3 is 14.7 Å². The first-order chi connectivity index (χ1) is 17.5. The van der Waals surface area contributed by atoms with Crippen LogP contribution in [0.5, 0.6) is 0 Å². The van der Waals surface area contributed by atoms with E-state index in [2.05, 4.69) is 63.9 Å². The highest BCUT2D eigenvalue weighted by molar-refractivity contribution is 5.92. The van der Waals surface area contributed by atoms with Gasteiger partial charge in [-0.05, 0) is 74.6 Å². The number of pyridine rings is 1. The molecule has 4 aliphatic rings. The number of benzene rings is 1. The first-order valence-electron chi connectivity index (χ1n) is 14.3. The molecule has 1 aromatic heterocycles. The van der Waals surface area contributed by atoms with E-state index < -0.39 is 0 Å². The molecule has 1 saturated carbocycles. The van der Waals surface area contributed by atoms with Gasteiger partial charge in [-0.15, -0.1) is 0 Å². The largest absolute Gasteiger partial charge is 0.365 e. The lowest BCUT2D eigenvalue weighted by atomic mass is 9.73. The number of para-hydroxylation sites is 1. The molecule has 1 amide bonds. The summed E-state index contributed by atoms with van der Waals surface area (Å²) in [5.74, 6) is 2.91. The van der Waals surface area contributed by atoms with Crippen LogP contribution in [0.2, 0.25) is 0 Å². The lowest BCUT2D eigenvalue weighted by molar-refractivity contribution is 0.0610. The number of anilines is 1. The molecule has 1 aliphatic carbocycles. The molecule has 2 atom stereocenters. The molecule has 1 aromatic carbocycles. The van der Waals surface area contributed by atoms with E-state index in [1.807, 2.05) is 18.2 Å². The van der Waals surface area contributed by atoms with Crippen LogP contribution in [-0.2, 0) is 0 Å². The summed E-state index contributed by atoms with van der Waals surface area (Å²) >= 11 is 0. The summed E-state index contributed by atoms with van der Waals surface area (Å²) < 4.78 is 0. The zero-order chi connectivity index (χ0) is 24.7. The second kappa shape index (κ2) is 9.81. The molecular weight excluding hydrogens is 444 g/mol. The number of rotatable bonds is 4. The summed E-state index contributed by atoms with van der Waals surface area (Å²) in [6.07, 6.45) is 9.68. The van der Waals surface area contributed by atoms with Crippen LogP contribution in [0.3, 0.4) is 0 Å². The van der Waals surface area contributed by atoms with E-state index in [0.29, 0.717) is 17.5 Å². The number of nitrogens with zero attached hydrogens (tertiary/aromatic N) is 4. The topological polar surface area (TPSA) is 39.7 Å². The fourth-order valence-corrected chi connectivity index (χ4v) is 8.12. The zero-order valence-electron chi connectivity index (χ0n) is 22.1. The Morgan fingerprint density at radius 3 is 2.31 bits per heavy atom. The van der Waals surface area contributed by atoms with Crippen LogP contribution in [0.15, 0.2) is 54.7 Å². The van der Waals surface area contributed by atoms with Gasteiger partial charge in [0.25, 0.3) is 5.91 Å². The highest BCUT2D eigenvalue weighted by Crippen LogP contribution is 2.51. The fourth-order valence-electron chi connectivity index (χ4n) is 8.12. The third kappa shape index (κ3) is 4.23. The molecule has 3 saturated heterocycles. The molecule has 3 aliphatic heterocycles. The maximum Gasteiger partial charge on any atom is 0.272 e. The van der Waals surface area contributed by atoms with Crippen LogP contribution in [-0.4, -0.2) is 65.0 Å². The van der Waals surface area contributed by atoms with Crippen LogP contribution >= 0.6 is 0 Å². The second-order valence-corrected chi connectivity index (χ2v) is 12.2. The van der Waals surface area contributed by atoms with E-state index in [1.165, 1.54) is 57.3 Å². The quantitative estimate of drug-likeness (QED) is 0.585. The predicted molar refractivity (Wildman–Crippen MR) is 145 cm³/mol. The van der Waals surface area contributed by atoms with Crippen LogP contribution in [0.1, 0.15) is 62.9 Å². The van der Waals surface area contributed by atoms with E-state index in [4.69, 9.17) is 0 Å². The van der Waals surface area contributed by atoms with Gasteiger partial charge >= 0.3 is 0 Å². The molecule has 0 N–H and O–H groups in total. The van der Waals surface area contributed by atoms with Crippen molar-refractivity contribution in [3.63, 3.8) is 0 Å². The molecule has 5 nitrogen and oxygen atoms in total. The molecular formula is C31H42N4O. The van der Waals surface area contributed by atoms with Gasteiger partial charge in [0.15, 0.2) is 0 Å². The van der Waals surface area contributed by atoms with E-state index in [-0.39, 0.29) is 11.4 Å². The van der Waals surface area contributed by atoms with Gasteiger partial charge in [0.1, 0.15) is 5.69 Å². The number of carbonyl (C=O) groups excluding carboxylic acids is 1. The molecule has 2 aromatic rings. The van der Waals surface area contributed by atoms with E-state index in [1.54, 1.807) is 6.20 Å². The van der Waals surface area contributed by atoms with Gasteiger partial charge in [-0.1, -0.05) is 38.1 Å². The number of amides is 1. The number of aromatic nitrogens is 1. The third-order valence-corrected chi connectivity index (χ3v) is 10.2. The Morgan fingerprint density at radius 2 is 1.64 bits per heavy atom. The number of carbonyl (C=O) groups is 1. The first kappa shape index (κ1) is 24.0. The summed E-state index contributed by atoms with van der Waals surface area (Å²) in [6.45, 7) is 9.95. The smallest absolute Gasteiger partial charge is 0.272 e. The van der Waals surface area contributed by atoms with Crippen LogP contribution in [0.4, 0.5) is 5.69 Å². The van der Waals surface area contributed by atoms with Crippen molar-refractivity contribution in [2.45, 2.75) is 64.0 Å². The molecule has 192 valence electrons. The van der Waals surface area contributed by atoms with Crippen molar-refractivity contribution >= 4 is 11.6 Å². The Balaban J connectivity index is 1.20. The van der Waals surface area contributed by atoms with E-state index >= 15 is 0 Å². The average molecular weight is 487 g/mol. The maximum atomic E-state index is 13.3. The summed E-state index contributed by atoms with van der Waals surface area (Å²) in [7, 11) is 0. The van der Waals surface area contributed by atoms with Crippen LogP contribution in [0.25, 0.3) is 0 Å². The molecule has 0 radical (unpaired) electrons. The zero-order valence-corrected chi connectivity index (χ0v) is 22.1. The summed E-state index contributed by atoms with van der Waals surface area (Å²) in [5, 5.41) is 0. The van der Waals surface area contributed by atoms with Crippen molar-refractivity contribution in [1.82, 2.24) is 14.8 Å². The Kier molecular flexibility index (Phi) is 6.53. The Morgan fingerprint density at radius 1 is 0.917 bits per heavy atom. The molecule has 6 rings (SSSR count). The van der Waals surface area contributed by atoms with Gasteiger partial charge in [-0.3, -0.25) is 9.78 Å². The van der Waals surface area contributed by atoms with E-state index in [0.717, 1.165) is 37.5 Å². The Labute approximate surface area is 216 Å². The second-order valence-electron chi connectivity index (χ2n) is 12.2. The number of piperidine rings is 1. The van der Waals surface area contributed by atoms with Crippen molar-refractivity contribution in [2.75, 3.05) is 37.6 Å². The van der Waals surface area contributed by atoms with Crippen molar-refractivity contribution in [3.05, 3.63) is 60.4 Å². The standard InChI is InChI=1S/C31H42N4O/c1-23(2)24-11-13-26(14-12-24)33-18-15-31(16-19-33)28-22-34(30(36)29-10-6-7-17-32-29)20-25(28)21-35(31)27-8-4-3-5-9-27/h3-10,17,23-26,28H,11-16,18-22H2,1-2H3. The van der Waals surface area contributed by atoms with Crippen molar-refractivity contribution < 1.29 is 4.79 Å². The number of hydrogen-bond donors (Lipinski definition) is 0. The van der Waals surface area contributed by atoms with Crippen LogP contribution < -0.4 is 4.90 Å². The highest BCUT2D eigenvalue weighted by Gasteiger charge is 2.58. The average Bonchev–Trinajstić information content (AvgIpc) is 3.48. The van der Waals surface area contributed by atoms with Gasteiger partial charge in [-0.2, -0.15) is 0 Å². The molecule has 4 fully saturated rings.